The second-order valence-electron chi connectivity index (χ2n) is 4.13. The lowest BCUT2D eigenvalue weighted by molar-refractivity contribution is 0.0516. The van der Waals surface area contributed by atoms with Gasteiger partial charge in [-0.3, -0.25) is 0 Å². The molecule has 0 fully saturated rings. The normalized spacial score (nSPS) is 14.5. The molecule has 0 aromatic heterocycles. The summed E-state index contributed by atoms with van der Waals surface area (Å²) in [5.41, 5.74) is 4.81. The molecule has 0 aliphatic heterocycles. The van der Waals surface area contributed by atoms with Gasteiger partial charge in [-0.05, 0) is 27.2 Å². The third kappa shape index (κ3) is 5.77. The van der Waals surface area contributed by atoms with E-state index in [9.17, 15) is 4.79 Å². The number of amidine groups is 1. The average Bonchev–Trinajstić information content (AvgIpc) is 2.10. The van der Waals surface area contributed by atoms with Gasteiger partial charge in [-0.2, -0.15) is 0 Å². The third-order valence-electron chi connectivity index (χ3n) is 1.57. The molecule has 1 amide bonds. The Morgan fingerprint density at radius 1 is 1.60 bits per heavy atom. The molecule has 4 N–H and O–H groups in total. The minimum atomic E-state index is -0.582. The smallest absolute Gasteiger partial charge is 0.408 e. The zero-order valence-corrected chi connectivity index (χ0v) is 9.57. The number of nitrogens with two attached hydrogens (primary N) is 1. The highest BCUT2D eigenvalue weighted by atomic mass is 16.6. The van der Waals surface area contributed by atoms with E-state index < -0.39 is 17.7 Å². The van der Waals surface area contributed by atoms with Gasteiger partial charge in [0, 0.05) is 0 Å². The van der Waals surface area contributed by atoms with Gasteiger partial charge in [-0.25, -0.2) is 4.79 Å². The van der Waals surface area contributed by atoms with Crippen molar-refractivity contribution in [1.29, 1.82) is 0 Å². The Morgan fingerprint density at radius 2 is 2.13 bits per heavy atom. The zero-order chi connectivity index (χ0) is 12.1. The van der Waals surface area contributed by atoms with Crippen molar-refractivity contribution >= 4 is 11.9 Å². The van der Waals surface area contributed by atoms with Gasteiger partial charge in [0.1, 0.15) is 5.60 Å². The molecular formula is C9H19N3O3. The second kappa shape index (κ2) is 5.43. The van der Waals surface area contributed by atoms with E-state index in [-0.39, 0.29) is 5.84 Å². The Balaban J connectivity index is 4.26. The first-order chi connectivity index (χ1) is 6.80. The molecule has 0 saturated heterocycles. The monoisotopic (exact) mass is 217 g/mol. The van der Waals surface area contributed by atoms with Gasteiger partial charge >= 0.3 is 6.09 Å². The molecule has 0 rings (SSSR count). The maximum atomic E-state index is 11.3. The zero-order valence-electron chi connectivity index (χ0n) is 9.57. The van der Waals surface area contributed by atoms with Crippen molar-refractivity contribution < 1.29 is 14.7 Å². The van der Waals surface area contributed by atoms with Crippen LogP contribution in [-0.2, 0) is 4.74 Å². The van der Waals surface area contributed by atoms with Crippen molar-refractivity contribution in [2.45, 2.75) is 45.8 Å². The number of hydrogen-bond acceptors (Lipinski definition) is 4. The standard InChI is InChI=1S/C9H19N3O3/c1-5-6(7(10)12-14)11-8(13)15-9(2,3)4/h6,14H,5H2,1-4H3,(H2,10,12)(H,11,13)/t6-/m1/s1. The van der Waals surface area contributed by atoms with E-state index in [0.29, 0.717) is 6.42 Å². The molecule has 0 aromatic rings. The van der Waals surface area contributed by atoms with Crippen LogP contribution in [0.5, 0.6) is 0 Å². The summed E-state index contributed by atoms with van der Waals surface area (Å²) in [6.45, 7) is 7.09. The van der Waals surface area contributed by atoms with E-state index in [4.69, 9.17) is 15.7 Å². The molecule has 88 valence electrons. The van der Waals surface area contributed by atoms with Crippen LogP contribution in [0.25, 0.3) is 0 Å². The van der Waals surface area contributed by atoms with Crippen LogP contribution in [0.2, 0.25) is 0 Å². The highest BCUT2D eigenvalue weighted by molar-refractivity contribution is 5.88. The summed E-state index contributed by atoms with van der Waals surface area (Å²) < 4.78 is 5.02. The lowest BCUT2D eigenvalue weighted by atomic mass is 10.2. The molecule has 6 nitrogen and oxygen atoms in total. The van der Waals surface area contributed by atoms with Gasteiger partial charge < -0.3 is 21.0 Å². The molecule has 0 aromatic carbocycles. The SMILES string of the molecule is CC[C@@H](NC(=O)OC(C)(C)C)/C(N)=N\O. The van der Waals surface area contributed by atoms with Crippen LogP contribution >= 0.6 is 0 Å². The highest BCUT2D eigenvalue weighted by Crippen LogP contribution is 2.07. The molecule has 0 heterocycles. The number of amides is 1. The van der Waals surface area contributed by atoms with E-state index in [0.717, 1.165) is 0 Å². The van der Waals surface area contributed by atoms with Gasteiger partial charge in [0.05, 0.1) is 6.04 Å². The lowest BCUT2D eigenvalue weighted by Crippen LogP contribution is -2.46. The van der Waals surface area contributed by atoms with Crippen LogP contribution < -0.4 is 11.1 Å². The van der Waals surface area contributed by atoms with Crippen LogP contribution in [0.15, 0.2) is 5.16 Å². The molecule has 0 radical (unpaired) electrons. The van der Waals surface area contributed by atoms with Crippen LogP contribution in [0.4, 0.5) is 4.79 Å². The predicted molar refractivity (Wildman–Crippen MR) is 56.9 cm³/mol. The minimum absolute atomic E-state index is 0.0386. The van der Waals surface area contributed by atoms with Gasteiger partial charge in [-0.15, -0.1) is 0 Å². The van der Waals surface area contributed by atoms with Crippen LogP contribution in [0, 0.1) is 0 Å². The quantitative estimate of drug-likeness (QED) is 0.285. The first-order valence-electron chi connectivity index (χ1n) is 4.77. The molecule has 6 heteroatoms. The van der Waals surface area contributed by atoms with Gasteiger partial charge in [-0.1, -0.05) is 12.1 Å². The summed E-state index contributed by atoms with van der Waals surface area (Å²) in [4.78, 5) is 11.3. The van der Waals surface area contributed by atoms with Gasteiger partial charge in [0.2, 0.25) is 0 Å². The van der Waals surface area contributed by atoms with Gasteiger partial charge in [0.15, 0.2) is 5.84 Å². The van der Waals surface area contributed by atoms with Crippen molar-refractivity contribution in [3.05, 3.63) is 0 Å². The van der Waals surface area contributed by atoms with Crippen LogP contribution in [-0.4, -0.2) is 28.8 Å². The molecule has 0 spiro atoms. The number of carbonyl (C=O) groups excluding carboxylic acids is 1. The number of carbonyl (C=O) groups is 1. The lowest BCUT2D eigenvalue weighted by Gasteiger charge is -2.22. The molecule has 0 unspecified atom stereocenters. The largest absolute Gasteiger partial charge is 0.444 e. The maximum Gasteiger partial charge on any atom is 0.408 e. The number of rotatable bonds is 3. The third-order valence-corrected chi connectivity index (χ3v) is 1.57. The van der Waals surface area contributed by atoms with Gasteiger partial charge in [0.25, 0.3) is 0 Å². The summed E-state index contributed by atoms with van der Waals surface area (Å²) >= 11 is 0. The Kier molecular flexibility index (Phi) is 4.90. The number of nitrogens with one attached hydrogen (secondary N) is 1. The summed E-state index contributed by atoms with van der Waals surface area (Å²) in [7, 11) is 0. The number of alkyl carbamates (subject to hydrolysis) is 1. The molecule has 0 saturated carbocycles. The summed E-state index contributed by atoms with van der Waals surface area (Å²) in [6, 6.07) is -0.509. The Morgan fingerprint density at radius 3 is 2.47 bits per heavy atom. The maximum absolute atomic E-state index is 11.3. The van der Waals surface area contributed by atoms with E-state index in [2.05, 4.69) is 10.5 Å². The first kappa shape index (κ1) is 13.5. The molecule has 15 heavy (non-hydrogen) atoms. The summed E-state index contributed by atoms with van der Waals surface area (Å²) in [5, 5.41) is 13.8. The van der Waals surface area contributed by atoms with Crippen LogP contribution in [0.1, 0.15) is 34.1 Å². The number of oxime groups is 1. The fraction of sp³-hybridized carbons (Fsp3) is 0.778. The second-order valence-corrected chi connectivity index (χ2v) is 4.13. The highest BCUT2D eigenvalue weighted by Gasteiger charge is 2.20. The Labute approximate surface area is 89.5 Å². The van der Waals surface area contributed by atoms with E-state index in [1.807, 2.05) is 0 Å². The van der Waals surface area contributed by atoms with Crippen LogP contribution in [0.3, 0.4) is 0 Å². The molecule has 0 aliphatic carbocycles. The molecule has 0 aliphatic rings. The van der Waals surface area contributed by atoms with E-state index >= 15 is 0 Å². The molecular weight excluding hydrogens is 198 g/mol. The van der Waals surface area contributed by atoms with Crippen molar-refractivity contribution in [2.24, 2.45) is 10.9 Å². The first-order valence-corrected chi connectivity index (χ1v) is 4.77. The summed E-state index contributed by atoms with van der Waals surface area (Å²) in [6.07, 6.45) is -0.0595. The Bertz CT molecular complexity index is 245. The number of nitrogens with zero attached hydrogens (tertiary/aromatic N) is 1. The van der Waals surface area contributed by atoms with Crippen molar-refractivity contribution in [1.82, 2.24) is 5.32 Å². The molecule has 1 atom stereocenters. The van der Waals surface area contributed by atoms with Crippen molar-refractivity contribution in [2.75, 3.05) is 0 Å². The average molecular weight is 217 g/mol. The number of ether oxygens (including phenoxy) is 1. The fourth-order valence-corrected chi connectivity index (χ4v) is 0.905. The summed E-state index contributed by atoms with van der Waals surface area (Å²) in [5.74, 6) is -0.0386. The topological polar surface area (TPSA) is 96.9 Å². The van der Waals surface area contributed by atoms with E-state index in [1.54, 1.807) is 27.7 Å². The van der Waals surface area contributed by atoms with Crippen molar-refractivity contribution in [3.8, 4) is 0 Å². The predicted octanol–water partition coefficient (Wildman–Crippen LogP) is 1.04. The number of hydrogen-bond donors (Lipinski definition) is 3. The van der Waals surface area contributed by atoms with Crippen molar-refractivity contribution in [3.63, 3.8) is 0 Å². The molecule has 0 bridgehead atoms. The van der Waals surface area contributed by atoms with E-state index in [1.165, 1.54) is 0 Å². The Hall–Kier alpha value is -1.46. The fourth-order valence-electron chi connectivity index (χ4n) is 0.905. The minimum Gasteiger partial charge on any atom is -0.444 e.